The van der Waals surface area contributed by atoms with Crippen LogP contribution in [0.5, 0.6) is 0 Å². The van der Waals surface area contributed by atoms with Crippen LogP contribution < -0.4 is 5.73 Å². The summed E-state index contributed by atoms with van der Waals surface area (Å²) in [4.78, 5) is 23.1. The van der Waals surface area contributed by atoms with Gasteiger partial charge in [-0.25, -0.2) is 4.79 Å². The third kappa shape index (κ3) is 5.61. The number of ketones is 1. The van der Waals surface area contributed by atoms with Gasteiger partial charge in [-0.3, -0.25) is 4.79 Å². The number of carbonyl (C=O) groups excluding carboxylic acids is 2. The summed E-state index contributed by atoms with van der Waals surface area (Å²) in [5.74, 6) is -1.53. The van der Waals surface area contributed by atoms with Gasteiger partial charge in [0.15, 0.2) is 5.78 Å². The van der Waals surface area contributed by atoms with Crippen molar-refractivity contribution >= 4 is 46.6 Å². The summed E-state index contributed by atoms with van der Waals surface area (Å²) in [6.45, 7) is 6.08. The Morgan fingerprint density at radius 3 is 1.76 bits per heavy atom. The standard InChI is InChI=1S/C10H14Cl3NO3/c1-5(15)6(7(14)10(11,12)13)8(16)17-9(2,3)4/h14H2,1-4H3/b7-6-. The van der Waals surface area contributed by atoms with E-state index in [1.54, 1.807) is 20.8 Å². The number of nitrogens with two attached hydrogens (primary N) is 1. The molecule has 0 unspecified atom stereocenters. The zero-order chi connectivity index (χ0) is 14.0. The van der Waals surface area contributed by atoms with Crippen LogP contribution in [0.15, 0.2) is 11.3 Å². The van der Waals surface area contributed by atoms with E-state index in [9.17, 15) is 9.59 Å². The second-order valence-corrected chi connectivity index (χ2v) is 6.63. The van der Waals surface area contributed by atoms with E-state index in [2.05, 4.69) is 0 Å². The SMILES string of the molecule is CC(=O)/C(C(=O)OC(C)(C)C)=C(/N)C(Cl)(Cl)Cl. The van der Waals surface area contributed by atoms with E-state index in [-0.39, 0.29) is 0 Å². The lowest BCUT2D eigenvalue weighted by molar-refractivity contribution is -0.150. The van der Waals surface area contributed by atoms with Crippen LogP contribution in [0.3, 0.4) is 0 Å². The molecule has 7 heteroatoms. The Morgan fingerprint density at radius 2 is 1.53 bits per heavy atom. The third-order valence-corrected chi connectivity index (χ3v) is 2.14. The van der Waals surface area contributed by atoms with Gasteiger partial charge in [-0.05, 0) is 27.7 Å². The number of carbonyl (C=O) groups is 2. The van der Waals surface area contributed by atoms with Crippen molar-refractivity contribution in [3.63, 3.8) is 0 Å². The molecule has 0 aliphatic carbocycles. The highest BCUT2D eigenvalue weighted by atomic mass is 35.6. The Bertz CT molecular complexity index is 364. The quantitative estimate of drug-likeness (QED) is 0.280. The Balaban J connectivity index is 5.43. The lowest BCUT2D eigenvalue weighted by Crippen LogP contribution is -2.31. The van der Waals surface area contributed by atoms with Crippen molar-refractivity contribution < 1.29 is 14.3 Å². The summed E-state index contributed by atoms with van der Waals surface area (Å²) in [6, 6.07) is 0. The monoisotopic (exact) mass is 301 g/mol. The van der Waals surface area contributed by atoms with Crippen LogP contribution in [0.4, 0.5) is 0 Å². The fourth-order valence-electron chi connectivity index (χ4n) is 0.914. The molecular formula is C10H14Cl3NO3. The minimum atomic E-state index is -2.03. The molecule has 0 saturated carbocycles. The van der Waals surface area contributed by atoms with E-state index >= 15 is 0 Å². The van der Waals surface area contributed by atoms with E-state index in [4.69, 9.17) is 45.3 Å². The summed E-state index contributed by atoms with van der Waals surface area (Å²) in [5, 5.41) is 0. The number of ether oxygens (including phenoxy) is 1. The van der Waals surface area contributed by atoms with Crippen molar-refractivity contribution in [1.29, 1.82) is 0 Å². The highest BCUT2D eigenvalue weighted by Gasteiger charge is 2.33. The van der Waals surface area contributed by atoms with Crippen LogP contribution in [-0.4, -0.2) is 21.1 Å². The Morgan fingerprint density at radius 1 is 1.12 bits per heavy atom. The summed E-state index contributed by atoms with van der Waals surface area (Å²) < 4.78 is 2.97. The Hall–Kier alpha value is -0.450. The average Bonchev–Trinajstić information content (AvgIpc) is 1.97. The fraction of sp³-hybridized carbons (Fsp3) is 0.600. The van der Waals surface area contributed by atoms with Crippen LogP contribution in [0.25, 0.3) is 0 Å². The van der Waals surface area contributed by atoms with Crippen molar-refractivity contribution in [3.8, 4) is 0 Å². The Kier molecular flexibility index (Phi) is 5.32. The molecule has 0 rings (SSSR count). The van der Waals surface area contributed by atoms with Gasteiger partial charge >= 0.3 is 5.97 Å². The molecule has 0 aromatic carbocycles. The van der Waals surface area contributed by atoms with Crippen LogP contribution in [0.1, 0.15) is 27.7 Å². The molecule has 2 N–H and O–H groups in total. The number of Topliss-reactive ketones (excluding diaryl/α,β-unsaturated/α-hetero) is 1. The van der Waals surface area contributed by atoms with Crippen LogP contribution in [0.2, 0.25) is 0 Å². The summed E-state index contributed by atoms with van der Waals surface area (Å²) >= 11 is 16.6. The summed E-state index contributed by atoms with van der Waals surface area (Å²) in [7, 11) is 0. The molecule has 0 bridgehead atoms. The molecule has 17 heavy (non-hydrogen) atoms. The molecule has 0 aliphatic rings. The van der Waals surface area contributed by atoms with Gasteiger partial charge in [0.25, 0.3) is 0 Å². The number of rotatable bonds is 2. The van der Waals surface area contributed by atoms with E-state index in [0.717, 1.165) is 6.92 Å². The first-order valence-electron chi connectivity index (χ1n) is 4.67. The largest absolute Gasteiger partial charge is 0.456 e. The first kappa shape index (κ1) is 16.6. The molecule has 0 aromatic heterocycles. The maximum absolute atomic E-state index is 11.7. The maximum atomic E-state index is 11.7. The molecule has 0 aliphatic heterocycles. The lowest BCUT2D eigenvalue weighted by Gasteiger charge is -2.22. The molecule has 0 spiro atoms. The van der Waals surface area contributed by atoms with Gasteiger partial charge in [0, 0.05) is 0 Å². The van der Waals surface area contributed by atoms with Gasteiger partial charge in [0.1, 0.15) is 11.2 Å². The molecule has 0 heterocycles. The van der Waals surface area contributed by atoms with E-state index in [0.29, 0.717) is 0 Å². The predicted octanol–water partition coefficient (Wildman–Crippen LogP) is 2.50. The van der Waals surface area contributed by atoms with Crippen LogP contribution in [-0.2, 0) is 14.3 Å². The van der Waals surface area contributed by atoms with Crippen molar-refractivity contribution in [2.75, 3.05) is 0 Å². The van der Waals surface area contributed by atoms with Gasteiger partial charge in [0.05, 0.1) is 5.70 Å². The maximum Gasteiger partial charge on any atom is 0.344 e. The minimum absolute atomic E-state index is 0.441. The van der Waals surface area contributed by atoms with Crippen molar-refractivity contribution in [3.05, 3.63) is 11.3 Å². The molecule has 0 aromatic rings. The second kappa shape index (κ2) is 5.46. The molecular weight excluding hydrogens is 288 g/mol. The first-order valence-corrected chi connectivity index (χ1v) is 5.81. The summed E-state index contributed by atoms with van der Waals surface area (Å²) in [6.07, 6.45) is 0. The van der Waals surface area contributed by atoms with E-state index < -0.39 is 32.4 Å². The smallest absolute Gasteiger partial charge is 0.344 e. The van der Waals surface area contributed by atoms with Gasteiger partial charge in [0.2, 0.25) is 3.79 Å². The van der Waals surface area contributed by atoms with Gasteiger partial charge < -0.3 is 10.5 Å². The first-order chi connectivity index (χ1) is 7.36. The predicted molar refractivity (Wildman–Crippen MR) is 68.0 cm³/mol. The number of halogens is 3. The minimum Gasteiger partial charge on any atom is -0.456 e. The zero-order valence-electron chi connectivity index (χ0n) is 9.94. The highest BCUT2D eigenvalue weighted by Crippen LogP contribution is 2.34. The normalized spacial score (nSPS) is 14.1. The zero-order valence-corrected chi connectivity index (χ0v) is 12.2. The highest BCUT2D eigenvalue weighted by molar-refractivity contribution is 6.69. The third-order valence-electron chi connectivity index (χ3n) is 1.53. The number of esters is 1. The number of hydrogen-bond acceptors (Lipinski definition) is 4. The van der Waals surface area contributed by atoms with E-state index in [1.165, 1.54) is 0 Å². The molecule has 98 valence electrons. The second-order valence-electron chi connectivity index (χ2n) is 4.34. The van der Waals surface area contributed by atoms with E-state index in [1.807, 2.05) is 0 Å². The van der Waals surface area contributed by atoms with Crippen molar-refractivity contribution in [1.82, 2.24) is 0 Å². The number of alkyl halides is 3. The van der Waals surface area contributed by atoms with Gasteiger partial charge in [-0.2, -0.15) is 0 Å². The molecule has 0 amide bonds. The average molecular weight is 303 g/mol. The molecule has 0 fully saturated rings. The van der Waals surface area contributed by atoms with Crippen molar-refractivity contribution in [2.24, 2.45) is 5.73 Å². The summed E-state index contributed by atoms with van der Waals surface area (Å²) in [5.41, 5.74) is 3.82. The van der Waals surface area contributed by atoms with Crippen LogP contribution >= 0.6 is 34.8 Å². The number of allylic oxidation sites excluding steroid dienone is 1. The number of hydrogen-bond donors (Lipinski definition) is 1. The van der Waals surface area contributed by atoms with Crippen LogP contribution in [0, 0.1) is 0 Å². The molecule has 4 nitrogen and oxygen atoms in total. The van der Waals surface area contributed by atoms with Gasteiger partial charge in [-0.15, -0.1) is 0 Å². The van der Waals surface area contributed by atoms with Crippen molar-refractivity contribution in [2.45, 2.75) is 37.1 Å². The fourth-order valence-corrected chi connectivity index (χ4v) is 1.20. The lowest BCUT2D eigenvalue weighted by atomic mass is 10.1. The molecule has 0 saturated heterocycles. The van der Waals surface area contributed by atoms with Gasteiger partial charge in [-0.1, -0.05) is 34.8 Å². The molecule has 0 radical (unpaired) electrons. The topological polar surface area (TPSA) is 69.4 Å². The molecule has 0 atom stereocenters. The Labute approximate surface area is 115 Å².